The Morgan fingerprint density at radius 3 is 2.52 bits per heavy atom. The van der Waals surface area contributed by atoms with Gasteiger partial charge in [0.2, 0.25) is 18.5 Å². The third kappa shape index (κ3) is 3.83. The molecule has 2 saturated heterocycles. The first-order valence-electron chi connectivity index (χ1n) is 14.4. The van der Waals surface area contributed by atoms with Crippen molar-refractivity contribution in [2.45, 2.75) is 68.9 Å². The Kier molecular flexibility index (Phi) is 6.77. The molecule has 0 saturated carbocycles. The average Bonchev–Trinajstić information content (AvgIpc) is 3.48. The number of aromatic hydroxyl groups is 1. The second-order valence-corrected chi connectivity index (χ2v) is 13.1. The summed E-state index contributed by atoms with van der Waals surface area (Å²) >= 11 is 1.29. The summed E-state index contributed by atoms with van der Waals surface area (Å²) in [5.74, 6) is -0.913. The van der Waals surface area contributed by atoms with Crippen molar-refractivity contribution in [3.05, 3.63) is 39.2 Å². The van der Waals surface area contributed by atoms with Crippen LogP contribution in [0.2, 0.25) is 0 Å². The maximum Gasteiger partial charge on any atom is 0.329 e. The topological polar surface area (TPSA) is 164 Å². The number of aliphatic hydroxyl groups is 1. The number of cyclic esters (lactones) is 1. The lowest BCUT2D eigenvalue weighted by Crippen LogP contribution is -2.73. The molecule has 0 aromatic heterocycles. The van der Waals surface area contributed by atoms with Crippen molar-refractivity contribution >= 4 is 35.2 Å². The number of phenolic OH excluding ortho intramolecular Hbond substituents is 1. The number of hydrogen-bond donors (Lipinski definition) is 3. The van der Waals surface area contributed by atoms with E-state index in [9.17, 15) is 29.4 Å². The van der Waals surface area contributed by atoms with Gasteiger partial charge in [0.05, 0.1) is 30.5 Å². The molecule has 1 amide bonds. The van der Waals surface area contributed by atoms with Crippen molar-refractivity contribution in [2.75, 3.05) is 33.3 Å². The first-order chi connectivity index (χ1) is 21.0. The zero-order chi connectivity index (χ0) is 31.4. The van der Waals surface area contributed by atoms with Gasteiger partial charge < -0.3 is 34.5 Å². The second kappa shape index (κ2) is 10.2. The Morgan fingerprint density at radius 2 is 1.82 bits per heavy atom. The Balaban J connectivity index is 1.48. The number of methoxy groups -OCH3 is 1. The molecule has 14 heteroatoms. The summed E-state index contributed by atoms with van der Waals surface area (Å²) in [5, 5.41) is 25.9. The number of aliphatic hydroxyl groups excluding tert-OH is 1. The van der Waals surface area contributed by atoms with Gasteiger partial charge in [-0.25, -0.2) is 4.79 Å². The molecule has 2 fully saturated rings. The lowest BCUT2D eigenvalue weighted by Gasteiger charge is -2.62. The van der Waals surface area contributed by atoms with Crippen LogP contribution in [-0.4, -0.2) is 107 Å². The van der Waals surface area contributed by atoms with E-state index >= 15 is 0 Å². The maximum absolute atomic E-state index is 14.1. The van der Waals surface area contributed by atoms with E-state index in [1.54, 1.807) is 13.8 Å². The van der Waals surface area contributed by atoms with Crippen LogP contribution < -0.4 is 14.8 Å². The van der Waals surface area contributed by atoms with Crippen LogP contribution in [0.5, 0.6) is 17.2 Å². The number of benzene rings is 1. The third-order valence-electron chi connectivity index (χ3n) is 9.80. The predicted molar refractivity (Wildman–Crippen MR) is 154 cm³/mol. The number of amides is 1. The number of phenols is 1. The van der Waals surface area contributed by atoms with Crippen molar-refractivity contribution in [3.63, 3.8) is 0 Å². The summed E-state index contributed by atoms with van der Waals surface area (Å²) in [6, 6.07) is -3.76. The molecular weight excluding hydrogens is 594 g/mol. The van der Waals surface area contributed by atoms with E-state index in [4.69, 9.17) is 18.9 Å². The predicted octanol–water partition coefficient (Wildman–Crippen LogP) is 0.764. The molecule has 6 aliphatic rings. The molecule has 3 unspecified atom stereocenters. The summed E-state index contributed by atoms with van der Waals surface area (Å²) in [6.07, 6.45) is -1.03. The summed E-state index contributed by atoms with van der Waals surface area (Å²) in [6.45, 7) is 4.29. The van der Waals surface area contributed by atoms with Crippen LogP contribution in [0.15, 0.2) is 22.5 Å². The first-order valence-corrected chi connectivity index (χ1v) is 15.5. The molecule has 1 aromatic carbocycles. The first kappa shape index (κ1) is 29.1. The van der Waals surface area contributed by atoms with Crippen molar-refractivity contribution in [2.24, 2.45) is 0 Å². The number of esters is 1. The molecule has 5 heterocycles. The van der Waals surface area contributed by atoms with E-state index in [1.165, 1.54) is 25.8 Å². The number of ether oxygens (including phenoxy) is 4. The van der Waals surface area contributed by atoms with E-state index in [2.05, 4.69) is 5.32 Å². The smallest absolute Gasteiger partial charge is 0.329 e. The Labute approximate surface area is 257 Å². The molecule has 234 valence electrons. The van der Waals surface area contributed by atoms with Gasteiger partial charge in [-0.05, 0) is 27.3 Å². The number of Topliss-reactive ketones (excluding diaryl/α,β-unsaturated/α-hetero) is 2. The molecule has 0 radical (unpaired) electrons. The Bertz CT molecular complexity index is 1600. The van der Waals surface area contributed by atoms with Gasteiger partial charge in [0.15, 0.2) is 23.0 Å². The number of hydrogen-bond acceptors (Lipinski definition) is 13. The van der Waals surface area contributed by atoms with Crippen LogP contribution in [0.1, 0.15) is 48.3 Å². The maximum atomic E-state index is 14.1. The van der Waals surface area contributed by atoms with Crippen LogP contribution in [-0.2, 0) is 28.7 Å². The number of thioether (sulfide) groups is 1. The van der Waals surface area contributed by atoms with Crippen molar-refractivity contribution in [1.82, 2.24) is 15.1 Å². The third-order valence-corrected chi connectivity index (χ3v) is 11.2. The normalized spacial score (nSPS) is 33.0. The van der Waals surface area contributed by atoms with Gasteiger partial charge in [0.1, 0.15) is 24.6 Å². The lowest BCUT2D eigenvalue weighted by molar-refractivity contribution is -0.179. The molecule has 3 N–H and O–H groups in total. The second-order valence-electron chi connectivity index (χ2n) is 12.0. The Hall–Kier alpha value is -3.59. The van der Waals surface area contributed by atoms with E-state index in [-0.39, 0.29) is 48.4 Å². The van der Waals surface area contributed by atoms with E-state index < -0.39 is 59.3 Å². The highest BCUT2D eigenvalue weighted by atomic mass is 32.2. The molecule has 5 aliphatic heterocycles. The van der Waals surface area contributed by atoms with Gasteiger partial charge >= 0.3 is 5.97 Å². The molecule has 44 heavy (non-hydrogen) atoms. The van der Waals surface area contributed by atoms with Gasteiger partial charge in [-0.1, -0.05) is 0 Å². The van der Waals surface area contributed by atoms with Crippen molar-refractivity contribution < 1.29 is 48.3 Å². The molecule has 7 rings (SSSR count). The van der Waals surface area contributed by atoms with Crippen LogP contribution in [0.25, 0.3) is 0 Å². The summed E-state index contributed by atoms with van der Waals surface area (Å²) in [4.78, 5) is 56.7. The number of likely N-dealkylation sites (N-methyl/N-ethyl adjacent to an activating group) is 1. The summed E-state index contributed by atoms with van der Waals surface area (Å²) in [7, 11) is 3.18. The number of allylic oxidation sites excluding steroid dienone is 2. The van der Waals surface area contributed by atoms with Crippen molar-refractivity contribution in [3.8, 4) is 17.2 Å². The number of nitrogens with zero attached hydrogens (tertiary/aromatic N) is 2. The molecule has 7 atom stereocenters. The molecule has 13 nitrogen and oxygen atoms in total. The minimum Gasteiger partial charge on any atom is -0.507 e. The van der Waals surface area contributed by atoms with Crippen LogP contribution in [0, 0.1) is 6.92 Å². The molecule has 0 spiro atoms. The van der Waals surface area contributed by atoms with Crippen molar-refractivity contribution in [1.29, 1.82) is 0 Å². The highest BCUT2D eigenvalue weighted by Crippen LogP contribution is 2.61. The Morgan fingerprint density at radius 1 is 1.09 bits per heavy atom. The number of carbonyl (C=O) groups is 4. The molecule has 4 bridgehead atoms. The highest BCUT2D eigenvalue weighted by Gasteiger charge is 2.61. The minimum atomic E-state index is -1.15. The fraction of sp³-hybridized carbons (Fsp3) is 0.533. The van der Waals surface area contributed by atoms with Gasteiger partial charge in [-0.3, -0.25) is 24.2 Å². The lowest BCUT2D eigenvalue weighted by atomic mass is 9.70. The highest BCUT2D eigenvalue weighted by molar-refractivity contribution is 7.99. The van der Waals surface area contributed by atoms with E-state index in [0.717, 1.165) is 0 Å². The molecular formula is C30H33N3O10S. The summed E-state index contributed by atoms with van der Waals surface area (Å²) < 4.78 is 22.9. The fourth-order valence-corrected chi connectivity index (χ4v) is 9.38. The average molecular weight is 628 g/mol. The van der Waals surface area contributed by atoms with E-state index in [1.807, 2.05) is 16.8 Å². The fourth-order valence-electron chi connectivity index (χ4n) is 7.87. The number of fused-ring (bicyclic) bond motifs is 8. The number of carbonyl (C=O) groups excluding carboxylic acids is 4. The van der Waals surface area contributed by atoms with E-state index in [0.29, 0.717) is 39.3 Å². The van der Waals surface area contributed by atoms with Crippen LogP contribution >= 0.6 is 11.8 Å². The van der Waals surface area contributed by atoms with Gasteiger partial charge in [0, 0.05) is 52.1 Å². The SMILES string of the molecule is COC1=C(C)C(=O)C2=C(C1=O)C1[C@@H]3[C@@H]4SCC(NC(C)=O)C(=O)OC[C@@H](c5c6c(c(C)c(O)c54)OCO6)N3[C@@H](O)C(C2)N1C. The van der Waals surface area contributed by atoms with Crippen LogP contribution in [0.3, 0.4) is 0 Å². The zero-order valence-electron chi connectivity index (χ0n) is 24.8. The minimum absolute atomic E-state index is 0.0157. The van der Waals surface area contributed by atoms with Gasteiger partial charge in [-0.15, -0.1) is 11.8 Å². The monoisotopic (exact) mass is 627 g/mol. The quantitative estimate of drug-likeness (QED) is 0.311. The number of ketones is 2. The molecule has 1 aromatic rings. The summed E-state index contributed by atoms with van der Waals surface area (Å²) in [5.41, 5.74) is 2.40. The number of piperazine rings is 1. The van der Waals surface area contributed by atoms with Gasteiger partial charge in [-0.2, -0.15) is 0 Å². The standard InChI is InChI=1S/C30H33N3O10S/c1-10-22(35)13-6-15-29(38)33-16-7-41-30(39)14(31-12(3)34)8-44-28(19-18(16)27-26(42-9-43-27)11(2)23(19)36)21(33)20(32(15)4)17(13)24(37)25(10)40-5/h14-16,20-21,28-29,36,38H,6-9H2,1-5H3,(H,31,34)/t14?,15?,16-,20?,21+,28+,29-/m0/s1. The number of nitrogens with one attached hydrogen (secondary N) is 1. The zero-order valence-corrected chi connectivity index (χ0v) is 25.6. The van der Waals surface area contributed by atoms with Gasteiger partial charge in [0.25, 0.3) is 0 Å². The number of rotatable bonds is 2. The molecule has 1 aliphatic carbocycles. The van der Waals surface area contributed by atoms with Crippen LogP contribution in [0.4, 0.5) is 0 Å². The largest absolute Gasteiger partial charge is 0.507 e.